The van der Waals surface area contributed by atoms with E-state index in [1.807, 2.05) is 0 Å². The number of nitrogens with one attached hydrogen (secondary N) is 2. The molecule has 2 nitrogen and oxygen atoms in total. The molecule has 0 aliphatic heterocycles. The van der Waals surface area contributed by atoms with E-state index in [1.165, 1.54) is 29.5 Å². The van der Waals surface area contributed by atoms with E-state index in [0.717, 1.165) is 19.5 Å². The van der Waals surface area contributed by atoms with Crippen LogP contribution in [0.1, 0.15) is 48.9 Å². The third-order valence-corrected chi connectivity index (χ3v) is 5.21. The molecule has 2 atom stereocenters. The molecule has 3 aromatic rings. The number of hydrogen-bond acceptors (Lipinski definition) is 2. The van der Waals surface area contributed by atoms with Crippen molar-refractivity contribution in [3.05, 3.63) is 108 Å². The summed E-state index contributed by atoms with van der Waals surface area (Å²) in [5, 5.41) is 7.68. The molecule has 0 spiro atoms. The first kappa shape index (κ1) is 20.3. The summed E-state index contributed by atoms with van der Waals surface area (Å²) in [6.45, 7) is 4.03. The Kier molecular flexibility index (Phi) is 8.29. The number of rotatable bonds is 11. The Morgan fingerprint density at radius 2 is 1.14 bits per heavy atom. The van der Waals surface area contributed by atoms with Gasteiger partial charge in [0, 0.05) is 25.2 Å². The van der Waals surface area contributed by atoms with Crippen molar-refractivity contribution in [2.45, 2.75) is 51.4 Å². The van der Waals surface area contributed by atoms with Gasteiger partial charge in [0.2, 0.25) is 0 Å². The van der Waals surface area contributed by atoms with Crippen LogP contribution in [0.4, 0.5) is 0 Å². The van der Waals surface area contributed by atoms with Crippen LogP contribution in [-0.4, -0.2) is 6.04 Å². The molecular weight excluding hydrogens is 340 g/mol. The van der Waals surface area contributed by atoms with Crippen molar-refractivity contribution < 1.29 is 0 Å². The smallest absolute Gasteiger partial charge is 0.0478 e. The zero-order valence-electron chi connectivity index (χ0n) is 16.9. The first-order valence-electron chi connectivity index (χ1n) is 10.5. The van der Waals surface area contributed by atoms with Gasteiger partial charge in [0.25, 0.3) is 0 Å². The molecule has 3 rings (SSSR count). The van der Waals surface area contributed by atoms with Gasteiger partial charge < -0.3 is 10.6 Å². The van der Waals surface area contributed by atoms with Crippen LogP contribution in [0.5, 0.6) is 0 Å². The number of benzene rings is 3. The molecule has 0 aliphatic carbocycles. The predicted molar refractivity (Wildman–Crippen MR) is 119 cm³/mol. The first-order valence-corrected chi connectivity index (χ1v) is 10.5. The van der Waals surface area contributed by atoms with Gasteiger partial charge in [-0.15, -0.1) is 0 Å². The van der Waals surface area contributed by atoms with Gasteiger partial charge in [0.15, 0.2) is 0 Å². The van der Waals surface area contributed by atoms with Crippen LogP contribution in [0.3, 0.4) is 0 Å². The van der Waals surface area contributed by atoms with E-state index in [-0.39, 0.29) is 6.04 Å². The Labute approximate surface area is 170 Å². The minimum absolute atomic E-state index is 0.275. The van der Waals surface area contributed by atoms with Gasteiger partial charge in [0.05, 0.1) is 0 Å². The Morgan fingerprint density at radius 1 is 0.643 bits per heavy atom. The molecule has 3 aromatic carbocycles. The van der Waals surface area contributed by atoms with Crippen molar-refractivity contribution in [2.24, 2.45) is 0 Å². The molecule has 0 fully saturated rings. The van der Waals surface area contributed by atoms with Crippen molar-refractivity contribution >= 4 is 0 Å². The lowest BCUT2D eigenvalue weighted by Crippen LogP contribution is -2.41. The highest BCUT2D eigenvalue weighted by molar-refractivity contribution is 5.22. The molecule has 0 saturated heterocycles. The summed E-state index contributed by atoms with van der Waals surface area (Å²) in [4.78, 5) is 0. The summed E-state index contributed by atoms with van der Waals surface area (Å²) in [5.74, 6) is 0. The summed E-state index contributed by atoms with van der Waals surface area (Å²) < 4.78 is 0. The van der Waals surface area contributed by atoms with E-state index in [2.05, 4.69) is 109 Å². The normalized spacial score (nSPS) is 13.2. The molecule has 0 bridgehead atoms. The fraction of sp³-hybridized carbons (Fsp3) is 0.308. The van der Waals surface area contributed by atoms with Gasteiger partial charge in [-0.05, 0) is 23.1 Å². The van der Waals surface area contributed by atoms with Crippen LogP contribution in [0.2, 0.25) is 0 Å². The summed E-state index contributed by atoms with van der Waals surface area (Å²) in [6.07, 6.45) is 3.59. The second-order valence-corrected chi connectivity index (χ2v) is 7.37. The van der Waals surface area contributed by atoms with E-state index in [9.17, 15) is 0 Å². The van der Waals surface area contributed by atoms with Crippen LogP contribution in [0.25, 0.3) is 0 Å². The molecule has 28 heavy (non-hydrogen) atoms. The van der Waals surface area contributed by atoms with Crippen molar-refractivity contribution in [3.63, 3.8) is 0 Å². The van der Waals surface area contributed by atoms with Gasteiger partial charge in [0.1, 0.15) is 0 Å². The Bertz CT molecular complexity index is 771. The summed E-state index contributed by atoms with van der Waals surface area (Å²) in [6, 6.07) is 32.9. The predicted octanol–water partition coefficient (Wildman–Crippen LogP) is 5.87. The maximum Gasteiger partial charge on any atom is 0.0478 e. The van der Waals surface area contributed by atoms with Crippen LogP contribution in [0, 0.1) is 0 Å². The summed E-state index contributed by atoms with van der Waals surface area (Å²) in [5.41, 5.74) is 4.00. The Morgan fingerprint density at radius 3 is 1.68 bits per heavy atom. The standard InChI is InChI=1S/C26H32N2/c1-2-3-19-25(27-20-22-13-7-4-8-14-22)26(24-17-11-6-12-18-24)28-21-23-15-9-5-10-16-23/h4-18,25-28H,2-3,19-21H2,1H3. The third kappa shape index (κ3) is 6.33. The fourth-order valence-corrected chi connectivity index (χ4v) is 3.63. The average molecular weight is 373 g/mol. The zero-order chi connectivity index (χ0) is 19.4. The molecule has 0 saturated carbocycles. The lowest BCUT2D eigenvalue weighted by molar-refractivity contribution is 0.347. The second kappa shape index (κ2) is 11.4. The number of hydrogen-bond donors (Lipinski definition) is 2. The topological polar surface area (TPSA) is 24.1 Å². The molecule has 2 unspecified atom stereocenters. The monoisotopic (exact) mass is 372 g/mol. The first-order chi connectivity index (χ1) is 13.9. The largest absolute Gasteiger partial charge is 0.308 e. The molecule has 0 aliphatic rings. The molecule has 0 aromatic heterocycles. The number of unbranched alkanes of at least 4 members (excludes halogenated alkanes) is 1. The quantitative estimate of drug-likeness (QED) is 0.440. The molecule has 0 radical (unpaired) electrons. The average Bonchev–Trinajstić information content (AvgIpc) is 2.77. The van der Waals surface area contributed by atoms with E-state index < -0.39 is 0 Å². The van der Waals surface area contributed by atoms with Gasteiger partial charge in [-0.1, -0.05) is 111 Å². The van der Waals surface area contributed by atoms with Crippen LogP contribution in [-0.2, 0) is 13.1 Å². The molecule has 0 amide bonds. The summed E-state index contributed by atoms with van der Waals surface area (Å²) in [7, 11) is 0. The minimum Gasteiger partial charge on any atom is -0.308 e. The fourth-order valence-electron chi connectivity index (χ4n) is 3.63. The van der Waals surface area contributed by atoms with Crippen molar-refractivity contribution in [1.82, 2.24) is 10.6 Å². The van der Waals surface area contributed by atoms with Crippen LogP contribution in [0.15, 0.2) is 91.0 Å². The highest BCUT2D eigenvalue weighted by atomic mass is 15.0. The molecular formula is C26H32N2. The van der Waals surface area contributed by atoms with E-state index >= 15 is 0 Å². The molecule has 2 N–H and O–H groups in total. The lowest BCUT2D eigenvalue weighted by Gasteiger charge is -2.30. The molecule has 2 heteroatoms. The van der Waals surface area contributed by atoms with Gasteiger partial charge in [-0.2, -0.15) is 0 Å². The van der Waals surface area contributed by atoms with Crippen LogP contribution < -0.4 is 10.6 Å². The maximum absolute atomic E-state index is 3.84. The van der Waals surface area contributed by atoms with E-state index in [4.69, 9.17) is 0 Å². The minimum atomic E-state index is 0.275. The van der Waals surface area contributed by atoms with E-state index in [0.29, 0.717) is 6.04 Å². The third-order valence-electron chi connectivity index (χ3n) is 5.21. The SMILES string of the molecule is CCCCC(NCc1ccccc1)C(NCc1ccccc1)c1ccccc1. The zero-order valence-corrected chi connectivity index (χ0v) is 16.9. The van der Waals surface area contributed by atoms with Gasteiger partial charge in [-0.25, -0.2) is 0 Å². The van der Waals surface area contributed by atoms with Gasteiger partial charge >= 0.3 is 0 Å². The summed E-state index contributed by atoms with van der Waals surface area (Å²) >= 11 is 0. The Hall–Kier alpha value is -2.42. The van der Waals surface area contributed by atoms with Crippen molar-refractivity contribution in [2.75, 3.05) is 0 Å². The second-order valence-electron chi connectivity index (χ2n) is 7.37. The Balaban J connectivity index is 1.76. The van der Waals surface area contributed by atoms with Crippen molar-refractivity contribution in [3.8, 4) is 0 Å². The van der Waals surface area contributed by atoms with Crippen molar-refractivity contribution in [1.29, 1.82) is 0 Å². The van der Waals surface area contributed by atoms with E-state index in [1.54, 1.807) is 0 Å². The highest BCUT2D eigenvalue weighted by Gasteiger charge is 2.22. The van der Waals surface area contributed by atoms with Crippen LogP contribution >= 0.6 is 0 Å². The lowest BCUT2D eigenvalue weighted by atomic mass is 9.94. The highest BCUT2D eigenvalue weighted by Crippen LogP contribution is 2.22. The molecule has 0 heterocycles. The van der Waals surface area contributed by atoms with Gasteiger partial charge in [-0.3, -0.25) is 0 Å². The molecule has 146 valence electrons. The maximum atomic E-state index is 3.84.